The molecule has 0 atom stereocenters. The van der Waals surface area contributed by atoms with Crippen molar-refractivity contribution >= 4 is 0 Å². The highest BCUT2D eigenvalue weighted by Crippen LogP contribution is 2.32. The first-order chi connectivity index (χ1) is 8.28. The maximum absolute atomic E-state index is 5.25. The predicted octanol–water partition coefficient (Wildman–Crippen LogP) is 1.76. The lowest BCUT2D eigenvalue weighted by atomic mass is 10.2. The van der Waals surface area contributed by atoms with E-state index in [2.05, 4.69) is 10.2 Å². The van der Waals surface area contributed by atoms with E-state index >= 15 is 0 Å². The molecule has 0 aliphatic heterocycles. The van der Waals surface area contributed by atoms with E-state index < -0.39 is 0 Å². The fourth-order valence-electron chi connectivity index (χ4n) is 1.38. The third-order valence-electron chi connectivity index (χ3n) is 2.21. The maximum atomic E-state index is 5.25. The molecule has 0 aliphatic carbocycles. The third-order valence-corrected chi connectivity index (χ3v) is 2.21. The molecule has 2 rings (SSSR count). The fourth-order valence-corrected chi connectivity index (χ4v) is 1.38. The lowest BCUT2D eigenvalue weighted by Crippen LogP contribution is -1.90. The minimum absolute atomic E-state index is 0.120. The summed E-state index contributed by atoms with van der Waals surface area (Å²) in [7, 11) is 4.61. The van der Waals surface area contributed by atoms with Crippen LogP contribution in [0.1, 0.15) is 0 Å². The van der Waals surface area contributed by atoms with E-state index in [1.807, 2.05) is 0 Å². The largest absolute Gasteiger partial charge is 0.493 e. The van der Waals surface area contributed by atoms with Crippen LogP contribution in [0.2, 0.25) is 0 Å². The molecule has 0 saturated carbocycles. The Kier molecular flexibility index (Phi) is 3.13. The van der Waals surface area contributed by atoms with Crippen LogP contribution in [0.5, 0.6) is 17.6 Å². The highest BCUT2D eigenvalue weighted by atomic mass is 16.6. The average molecular weight is 236 g/mol. The molecule has 0 radical (unpaired) electrons. The summed E-state index contributed by atoms with van der Waals surface area (Å²) < 4.78 is 20.4. The van der Waals surface area contributed by atoms with Crippen LogP contribution in [0.25, 0.3) is 11.5 Å². The van der Waals surface area contributed by atoms with Crippen LogP contribution in [0.15, 0.2) is 22.6 Å². The van der Waals surface area contributed by atoms with Crippen molar-refractivity contribution in [1.29, 1.82) is 0 Å². The van der Waals surface area contributed by atoms with Crippen molar-refractivity contribution in [3.05, 3.63) is 18.2 Å². The van der Waals surface area contributed by atoms with Crippen LogP contribution < -0.4 is 14.2 Å². The predicted molar refractivity (Wildman–Crippen MR) is 59.4 cm³/mol. The minimum atomic E-state index is 0.120. The first-order valence-corrected chi connectivity index (χ1v) is 4.88. The Bertz CT molecular complexity index is 510. The van der Waals surface area contributed by atoms with E-state index in [1.165, 1.54) is 7.11 Å². The summed E-state index contributed by atoms with van der Waals surface area (Å²) in [6.07, 6.45) is 0.120. The smallest absolute Gasteiger partial charge is 0.414 e. The quantitative estimate of drug-likeness (QED) is 0.805. The molecule has 1 aromatic carbocycles. The van der Waals surface area contributed by atoms with Gasteiger partial charge in [0.1, 0.15) is 0 Å². The first-order valence-electron chi connectivity index (χ1n) is 4.88. The topological polar surface area (TPSA) is 66.6 Å². The molecule has 1 aromatic heterocycles. The number of ether oxygens (including phenoxy) is 3. The number of methoxy groups -OCH3 is 3. The number of nitrogens with zero attached hydrogens (tertiary/aromatic N) is 2. The van der Waals surface area contributed by atoms with Gasteiger partial charge in [0.25, 0.3) is 5.89 Å². The zero-order valence-corrected chi connectivity index (χ0v) is 9.76. The van der Waals surface area contributed by atoms with E-state index in [9.17, 15) is 0 Å². The van der Waals surface area contributed by atoms with Gasteiger partial charge in [0.05, 0.1) is 21.3 Å². The van der Waals surface area contributed by atoms with Crippen molar-refractivity contribution in [3.8, 4) is 29.0 Å². The Hall–Kier alpha value is -2.24. The van der Waals surface area contributed by atoms with Crippen molar-refractivity contribution in [3.63, 3.8) is 0 Å². The second kappa shape index (κ2) is 4.73. The first kappa shape index (κ1) is 11.3. The van der Waals surface area contributed by atoms with Crippen LogP contribution >= 0.6 is 0 Å². The van der Waals surface area contributed by atoms with Crippen molar-refractivity contribution in [1.82, 2.24) is 10.2 Å². The third kappa shape index (κ3) is 2.15. The summed E-state index contributed by atoms with van der Waals surface area (Å²) in [6, 6.07) is 5.32. The van der Waals surface area contributed by atoms with Gasteiger partial charge in [0.15, 0.2) is 11.5 Å². The van der Waals surface area contributed by atoms with Crippen molar-refractivity contribution < 1.29 is 18.6 Å². The van der Waals surface area contributed by atoms with Gasteiger partial charge in [-0.3, -0.25) is 0 Å². The number of hydrogen-bond acceptors (Lipinski definition) is 6. The summed E-state index contributed by atoms with van der Waals surface area (Å²) in [5.41, 5.74) is 0.735. The molecular weight excluding hydrogens is 224 g/mol. The fraction of sp³-hybridized carbons (Fsp3) is 0.273. The number of rotatable bonds is 4. The highest BCUT2D eigenvalue weighted by Gasteiger charge is 2.11. The molecule has 0 unspecified atom stereocenters. The number of benzene rings is 1. The van der Waals surface area contributed by atoms with Gasteiger partial charge >= 0.3 is 6.08 Å². The molecule has 0 saturated heterocycles. The van der Waals surface area contributed by atoms with E-state index in [-0.39, 0.29) is 6.08 Å². The van der Waals surface area contributed by atoms with Gasteiger partial charge in [-0.05, 0) is 18.2 Å². The van der Waals surface area contributed by atoms with Gasteiger partial charge < -0.3 is 18.6 Å². The summed E-state index contributed by atoms with van der Waals surface area (Å²) in [5.74, 6) is 1.60. The molecule has 0 spiro atoms. The maximum Gasteiger partial charge on any atom is 0.414 e. The Balaban J connectivity index is 2.38. The highest BCUT2D eigenvalue weighted by molar-refractivity contribution is 5.59. The molecule has 6 nitrogen and oxygen atoms in total. The average Bonchev–Trinajstić information content (AvgIpc) is 2.86. The number of hydrogen-bond donors (Lipinski definition) is 0. The van der Waals surface area contributed by atoms with Gasteiger partial charge in [-0.25, -0.2) is 0 Å². The lowest BCUT2D eigenvalue weighted by molar-refractivity contribution is 0.293. The molecule has 17 heavy (non-hydrogen) atoms. The van der Waals surface area contributed by atoms with Gasteiger partial charge in [0, 0.05) is 5.56 Å². The van der Waals surface area contributed by atoms with E-state index in [0.717, 1.165) is 5.56 Å². The summed E-state index contributed by atoms with van der Waals surface area (Å²) >= 11 is 0. The molecule has 0 N–H and O–H groups in total. The second-order valence-corrected chi connectivity index (χ2v) is 3.15. The van der Waals surface area contributed by atoms with Crippen LogP contribution in [0.4, 0.5) is 0 Å². The molecule has 90 valence electrons. The van der Waals surface area contributed by atoms with Crippen LogP contribution in [0, 0.1) is 0 Å². The normalized spacial score (nSPS) is 10.1. The van der Waals surface area contributed by atoms with E-state index in [1.54, 1.807) is 32.4 Å². The Morgan fingerprint density at radius 1 is 0.941 bits per heavy atom. The van der Waals surface area contributed by atoms with Crippen molar-refractivity contribution in [2.75, 3.05) is 21.3 Å². The van der Waals surface area contributed by atoms with Crippen LogP contribution in [-0.2, 0) is 0 Å². The summed E-state index contributed by atoms with van der Waals surface area (Å²) in [6.45, 7) is 0. The molecule has 1 heterocycles. The Labute approximate surface area is 98.1 Å². The van der Waals surface area contributed by atoms with Crippen LogP contribution in [-0.4, -0.2) is 31.5 Å². The second-order valence-electron chi connectivity index (χ2n) is 3.15. The van der Waals surface area contributed by atoms with Gasteiger partial charge in [-0.2, -0.15) is 0 Å². The molecule has 0 aliphatic rings. The monoisotopic (exact) mass is 236 g/mol. The van der Waals surface area contributed by atoms with E-state index in [0.29, 0.717) is 17.4 Å². The molecule has 6 heteroatoms. The molecule has 2 aromatic rings. The molecule has 0 fully saturated rings. The van der Waals surface area contributed by atoms with E-state index in [4.69, 9.17) is 18.6 Å². The van der Waals surface area contributed by atoms with Gasteiger partial charge in [-0.1, -0.05) is 5.10 Å². The Morgan fingerprint density at radius 2 is 1.71 bits per heavy atom. The molecule has 0 bridgehead atoms. The molecule has 0 amide bonds. The summed E-state index contributed by atoms with van der Waals surface area (Å²) in [4.78, 5) is 0. The zero-order chi connectivity index (χ0) is 12.3. The molecular formula is C11H12N2O4. The standard InChI is InChI=1S/C11H12N2O4/c1-14-8-5-4-7(6-9(8)15-2)10-12-13-11(16-3)17-10/h4-6H,1-3H3. The Morgan fingerprint density at radius 3 is 2.29 bits per heavy atom. The zero-order valence-electron chi connectivity index (χ0n) is 9.76. The van der Waals surface area contributed by atoms with Crippen molar-refractivity contribution in [2.24, 2.45) is 0 Å². The minimum Gasteiger partial charge on any atom is -0.493 e. The van der Waals surface area contributed by atoms with Crippen LogP contribution in [0.3, 0.4) is 0 Å². The summed E-state index contributed by atoms with van der Waals surface area (Å²) in [5, 5.41) is 7.55. The van der Waals surface area contributed by atoms with Gasteiger partial charge in [0.2, 0.25) is 0 Å². The lowest BCUT2D eigenvalue weighted by Gasteiger charge is -2.07. The van der Waals surface area contributed by atoms with Gasteiger partial charge in [-0.15, -0.1) is 5.10 Å². The SMILES string of the molecule is COc1nnc(-c2ccc(OC)c(OC)c2)o1. The number of aromatic nitrogens is 2. The van der Waals surface area contributed by atoms with Crippen molar-refractivity contribution in [2.45, 2.75) is 0 Å².